The fourth-order valence-corrected chi connectivity index (χ4v) is 3.38. The van der Waals surface area contributed by atoms with E-state index in [1.165, 1.54) is 17.8 Å². The molecule has 0 radical (unpaired) electrons. The number of hydrogen-bond acceptors (Lipinski definition) is 11. The van der Waals surface area contributed by atoms with Gasteiger partial charge in [-0.05, 0) is 6.92 Å². The van der Waals surface area contributed by atoms with Crippen molar-refractivity contribution in [2.75, 3.05) is 25.0 Å². The summed E-state index contributed by atoms with van der Waals surface area (Å²) in [5, 5.41) is 44.5. The van der Waals surface area contributed by atoms with Gasteiger partial charge in [0.2, 0.25) is 11.9 Å². The topological polar surface area (TPSA) is 204 Å². The zero-order chi connectivity index (χ0) is 23.4. The number of fused-ring (bicyclic) bond motifs is 1. The molecule has 3 rings (SSSR count). The second-order valence-corrected chi connectivity index (χ2v) is 7.72. The lowest BCUT2D eigenvalue weighted by Crippen LogP contribution is -2.47. The highest BCUT2D eigenvalue weighted by atomic mass is 32.1. The number of amides is 1. The van der Waals surface area contributed by atoms with Crippen LogP contribution in [0.5, 0.6) is 0 Å². The number of ether oxygens (including phenoxy) is 1. The Morgan fingerprint density at radius 1 is 1.41 bits per heavy atom. The first-order valence-corrected chi connectivity index (χ1v) is 10.3. The number of nitrogens with zero attached hydrogens (tertiary/aromatic N) is 3. The number of aromatic amines is 1. The van der Waals surface area contributed by atoms with Gasteiger partial charge in [-0.15, -0.1) is 0 Å². The lowest BCUT2D eigenvalue weighted by atomic mass is 10.1. The van der Waals surface area contributed by atoms with Crippen molar-refractivity contribution in [1.82, 2.24) is 24.8 Å². The molecular weight excluding hydrogens is 442 g/mol. The Morgan fingerprint density at radius 3 is 2.78 bits per heavy atom. The molecule has 0 aliphatic carbocycles. The normalized spacial score (nSPS) is 25.3. The van der Waals surface area contributed by atoms with Crippen LogP contribution in [0.4, 0.5) is 5.95 Å². The van der Waals surface area contributed by atoms with Crippen molar-refractivity contribution in [3.63, 3.8) is 0 Å². The van der Waals surface area contributed by atoms with Gasteiger partial charge in [-0.25, -0.2) is 9.97 Å². The second kappa shape index (κ2) is 10.4. The SMILES string of the molecule is CC(O)C(N)C(=O)NC/C=C/CNc1nc(=S)c2ncn([C@@H]3O[C@H](CO)[C@H](O)C3O)c2[nH]1. The number of imidazole rings is 1. The van der Waals surface area contributed by atoms with Crippen LogP contribution in [0.25, 0.3) is 11.2 Å². The molecular formula is C18H27N7O6S. The average Bonchev–Trinajstić information content (AvgIpc) is 3.31. The number of nitrogens with two attached hydrogens (primary N) is 1. The Morgan fingerprint density at radius 2 is 2.12 bits per heavy atom. The Balaban J connectivity index is 1.64. The van der Waals surface area contributed by atoms with E-state index >= 15 is 0 Å². The van der Waals surface area contributed by atoms with Gasteiger partial charge in [-0.2, -0.15) is 0 Å². The number of aliphatic hydroxyl groups excluding tert-OH is 4. The molecule has 0 bridgehead atoms. The second-order valence-electron chi connectivity index (χ2n) is 7.33. The molecule has 176 valence electrons. The number of hydrogen-bond donors (Lipinski definition) is 8. The van der Waals surface area contributed by atoms with E-state index < -0.39 is 49.2 Å². The summed E-state index contributed by atoms with van der Waals surface area (Å²) in [6.07, 6.45) is -0.478. The highest BCUT2D eigenvalue weighted by Crippen LogP contribution is 2.31. The monoisotopic (exact) mass is 469 g/mol. The van der Waals surface area contributed by atoms with Gasteiger partial charge in [0.25, 0.3) is 0 Å². The molecule has 3 unspecified atom stereocenters. The summed E-state index contributed by atoms with van der Waals surface area (Å²) in [7, 11) is 0. The van der Waals surface area contributed by atoms with Crippen molar-refractivity contribution in [3.05, 3.63) is 23.1 Å². The van der Waals surface area contributed by atoms with Crippen molar-refractivity contribution in [3.8, 4) is 0 Å². The quantitative estimate of drug-likeness (QED) is 0.147. The number of carbonyl (C=O) groups excluding carboxylic acids is 1. The zero-order valence-corrected chi connectivity index (χ0v) is 18.1. The summed E-state index contributed by atoms with van der Waals surface area (Å²) < 4.78 is 7.25. The van der Waals surface area contributed by atoms with Crippen molar-refractivity contribution in [2.45, 2.75) is 43.6 Å². The van der Waals surface area contributed by atoms with E-state index in [1.54, 1.807) is 12.2 Å². The van der Waals surface area contributed by atoms with Crippen LogP contribution in [0.3, 0.4) is 0 Å². The number of anilines is 1. The minimum Gasteiger partial charge on any atom is -0.394 e. The molecule has 0 saturated carbocycles. The molecule has 1 aliphatic rings. The fraction of sp³-hybridized carbons (Fsp3) is 0.556. The van der Waals surface area contributed by atoms with Crippen LogP contribution in [0.2, 0.25) is 0 Å². The van der Waals surface area contributed by atoms with Crippen LogP contribution in [0, 0.1) is 4.64 Å². The Labute approximate surface area is 187 Å². The third-order valence-corrected chi connectivity index (χ3v) is 5.29. The molecule has 32 heavy (non-hydrogen) atoms. The molecule has 1 saturated heterocycles. The molecule has 9 N–H and O–H groups in total. The average molecular weight is 470 g/mol. The molecule has 1 aliphatic heterocycles. The maximum absolute atomic E-state index is 11.7. The van der Waals surface area contributed by atoms with Gasteiger partial charge in [-0.3, -0.25) is 9.36 Å². The summed E-state index contributed by atoms with van der Waals surface area (Å²) >= 11 is 5.28. The number of nitrogens with one attached hydrogen (secondary N) is 3. The third kappa shape index (κ3) is 5.12. The summed E-state index contributed by atoms with van der Waals surface area (Å²) in [4.78, 5) is 23.1. The Hall–Kier alpha value is -2.46. The van der Waals surface area contributed by atoms with Gasteiger partial charge >= 0.3 is 0 Å². The molecule has 1 fully saturated rings. The molecule has 6 atom stereocenters. The number of aromatic nitrogens is 4. The Bertz CT molecular complexity index is 1020. The van der Waals surface area contributed by atoms with Crippen LogP contribution in [0.1, 0.15) is 13.2 Å². The highest BCUT2D eigenvalue weighted by Gasteiger charge is 2.43. The van der Waals surface area contributed by atoms with Gasteiger partial charge in [0.15, 0.2) is 10.9 Å². The van der Waals surface area contributed by atoms with E-state index in [2.05, 4.69) is 25.6 Å². The molecule has 1 amide bonds. The van der Waals surface area contributed by atoms with Gasteiger partial charge in [0.1, 0.15) is 35.5 Å². The van der Waals surface area contributed by atoms with E-state index in [0.717, 1.165) is 0 Å². The van der Waals surface area contributed by atoms with E-state index in [4.69, 9.17) is 22.7 Å². The number of aliphatic hydroxyl groups is 4. The van der Waals surface area contributed by atoms with Gasteiger partial charge in [0.05, 0.1) is 19.0 Å². The van der Waals surface area contributed by atoms with Crippen molar-refractivity contribution >= 4 is 35.2 Å². The van der Waals surface area contributed by atoms with Gasteiger partial charge < -0.3 is 46.5 Å². The molecule has 2 aromatic rings. The molecule has 0 aromatic carbocycles. The van der Waals surface area contributed by atoms with Crippen molar-refractivity contribution < 1.29 is 30.0 Å². The highest BCUT2D eigenvalue weighted by molar-refractivity contribution is 7.71. The lowest BCUT2D eigenvalue weighted by molar-refractivity contribution is -0.124. The van der Waals surface area contributed by atoms with Crippen LogP contribution >= 0.6 is 12.2 Å². The molecule has 14 heteroatoms. The molecule has 3 heterocycles. The first-order chi connectivity index (χ1) is 15.2. The van der Waals surface area contributed by atoms with Crippen LogP contribution in [0.15, 0.2) is 18.5 Å². The van der Waals surface area contributed by atoms with Crippen molar-refractivity contribution in [1.29, 1.82) is 0 Å². The van der Waals surface area contributed by atoms with Crippen LogP contribution < -0.4 is 16.4 Å². The minimum absolute atomic E-state index is 0.218. The smallest absolute Gasteiger partial charge is 0.239 e. The van der Waals surface area contributed by atoms with Gasteiger partial charge in [-0.1, -0.05) is 24.4 Å². The first kappa shape index (κ1) is 24.2. The van der Waals surface area contributed by atoms with E-state index in [9.17, 15) is 25.2 Å². The van der Waals surface area contributed by atoms with E-state index in [-0.39, 0.29) is 11.2 Å². The predicted octanol–water partition coefficient (Wildman–Crippen LogP) is -2.11. The van der Waals surface area contributed by atoms with Crippen LogP contribution in [-0.4, -0.2) is 96.0 Å². The maximum atomic E-state index is 11.7. The van der Waals surface area contributed by atoms with Crippen molar-refractivity contribution in [2.24, 2.45) is 5.73 Å². The van der Waals surface area contributed by atoms with Gasteiger partial charge in [0, 0.05) is 13.1 Å². The predicted molar refractivity (Wildman–Crippen MR) is 116 cm³/mol. The number of carbonyl (C=O) groups is 1. The standard InChI is InChI=1S/C18H27N7O6S/c1-8(27)10(19)15(30)20-4-2-3-5-21-18-23-14-11(16(32)24-18)22-7-25(14)17-13(29)12(28)9(6-26)31-17/h2-3,7-10,12-13,17,26-29H,4-6,19H2,1H3,(H,20,30)(H2,21,23,24,32)/b3-2+/t8?,9-,10?,12+,13?,17-/m1/s1. The maximum Gasteiger partial charge on any atom is 0.239 e. The third-order valence-electron chi connectivity index (χ3n) is 5.01. The Kier molecular flexibility index (Phi) is 7.89. The summed E-state index contributed by atoms with van der Waals surface area (Å²) in [6.45, 7) is 1.59. The molecule has 0 spiro atoms. The molecule has 2 aromatic heterocycles. The summed E-state index contributed by atoms with van der Waals surface area (Å²) in [5.41, 5.74) is 6.35. The van der Waals surface area contributed by atoms with Crippen LogP contribution in [-0.2, 0) is 9.53 Å². The van der Waals surface area contributed by atoms with E-state index in [1.807, 2.05) is 0 Å². The molecule has 13 nitrogen and oxygen atoms in total. The number of H-pyrrole nitrogens is 1. The largest absolute Gasteiger partial charge is 0.394 e. The fourth-order valence-electron chi connectivity index (χ4n) is 3.14. The van der Waals surface area contributed by atoms with E-state index in [0.29, 0.717) is 23.7 Å². The summed E-state index contributed by atoms with van der Waals surface area (Å²) in [5.74, 6) is -0.118. The minimum atomic E-state index is -1.27. The first-order valence-electron chi connectivity index (χ1n) is 9.94. The zero-order valence-electron chi connectivity index (χ0n) is 17.3. The summed E-state index contributed by atoms with van der Waals surface area (Å²) in [6, 6.07) is -0.987. The lowest BCUT2D eigenvalue weighted by Gasteiger charge is -2.17. The number of rotatable bonds is 9.